The Labute approximate surface area is 103 Å². The highest BCUT2D eigenvalue weighted by Gasteiger charge is 2.28. The Morgan fingerprint density at radius 2 is 1.56 bits per heavy atom. The molecule has 0 N–H and O–H groups in total. The Bertz CT molecular complexity index is 220. The van der Waals surface area contributed by atoms with Crippen molar-refractivity contribution < 1.29 is 0 Å². The molecule has 1 atom stereocenters. The predicted octanol–water partition coefficient (Wildman–Crippen LogP) is 4.34. The molecule has 1 heteroatoms. The maximum atomic E-state index is 4.30. The molecule has 1 nitrogen and oxygen atoms in total. The summed E-state index contributed by atoms with van der Waals surface area (Å²) < 4.78 is 0. The minimum absolute atomic E-state index is 0.206. The highest BCUT2D eigenvalue weighted by Crippen LogP contribution is 2.27. The molecule has 0 aromatic rings. The van der Waals surface area contributed by atoms with E-state index in [0.29, 0.717) is 17.9 Å². The molecule has 0 aliphatic heterocycles. The summed E-state index contributed by atoms with van der Waals surface area (Å²) in [5.41, 5.74) is 1.57. The minimum Gasteiger partial charge on any atom is -0.295 e. The van der Waals surface area contributed by atoms with E-state index < -0.39 is 0 Å². The summed E-state index contributed by atoms with van der Waals surface area (Å²) in [6.45, 7) is 20.2. The Morgan fingerprint density at radius 3 is 1.81 bits per heavy atom. The summed E-state index contributed by atoms with van der Waals surface area (Å²) in [6.07, 6.45) is 1.20. The van der Waals surface area contributed by atoms with Crippen LogP contribution in [0.1, 0.15) is 54.9 Å². The molecule has 96 valence electrons. The van der Waals surface area contributed by atoms with Gasteiger partial charge in [0, 0.05) is 11.6 Å². The van der Waals surface area contributed by atoms with Crippen molar-refractivity contribution in [1.29, 1.82) is 0 Å². The number of hydrogen-bond acceptors (Lipinski definition) is 1. The second kappa shape index (κ2) is 5.86. The highest BCUT2D eigenvalue weighted by atomic mass is 15.2. The van der Waals surface area contributed by atoms with E-state index in [1.807, 2.05) is 0 Å². The number of rotatable bonds is 5. The van der Waals surface area contributed by atoms with Gasteiger partial charge in [0.2, 0.25) is 0 Å². The van der Waals surface area contributed by atoms with Crippen molar-refractivity contribution in [1.82, 2.24) is 4.90 Å². The molecular formula is C15H31N. The first-order valence-electron chi connectivity index (χ1n) is 6.49. The fourth-order valence-corrected chi connectivity index (χ4v) is 1.86. The third-order valence-electron chi connectivity index (χ3n) is 3.39. The summed E-state index contributed by atoms with van der Waals surface area (Å²) in [5, 5.41) is 0. The van der Waals surface area contributed by atoms with Gasteiger partial charge in [0.25, 0.3) is 0 Å². The van der Waals surface area contributed by atoms with Crippen LogP contribution in [0, 0.1) is 11.8 Å². The molecular weight excluding hydrogens is 194 g/mol. The van der Waals surface area contributed by atoms with Gasteiger partial charge in [-0.05, 0) is 46.1 Å². The zero-order valence-electron chi connectivity index (χ0n) is 12.6. The summed E-state index contributed by atoms with van der Waals surface area (Å²) in [6, 6.07) is 0.500. The van der Waals surface area contributed by atoms with Gasteiger partial charge >= 0.3 is 0 Å². The van der Waals surface area contributed by atoms with E-state index in [9.17, 15) is 0 Å². The van der Waals surface area contributed by atoms with Crippen LogP contribution in [-0.4, -0.2) is 23.5 Å². The van der Waals surface area contributed by atoms with E-state index >= 15 is 0 Å². The topological polar surface area (TPSA) is 3.24 Å². The molecule has 1 unspecified atom stereocenters. The van der Waals surface area contributed by atoms with Crippen LogP contribution in [0.2, 0.25) is 0 Å². The first-order chi connectivity index (χ1) is 7.07. The van der Waals surface area contributed by atoms with Crippen LogP contribution < -0.4 is 0 Å². The quantitative estimate of drug-likeness (QED) is 0.629. The van der Waals surface area contributed by atoms with E-state index in [1.54, 1.807) is 0 Å². The maximum absolute atomic E-state index is 4.30. The molecule has 0 aliphatic carbocycles. The molecule has 0 heterocycles. The van der Waals surface area contributed by atoms with Gasteiger partial charge in [-0.2, -0.15) is 0 Å². The fourth-order valence-electron chi connectivity index (χ4n) is 1.86. The van der Waals surface area contributed by atoms with Crippen molar-refractivity contribution in [2.24, 2.45) is 11.8 Å². The predicted molar refractivity (Wildman–Crippen MR) is 74.7 cm³/mol. The van der Waals surface area contributed by atoms with Gasteiger partial charge in [-0.1, -0.05) is 39.8 Å². The lowest BCUT2D eigenvalue weighted by atomic mass is 9.88. The van der Waals surface area contributed by atoms with Crippen molar-refractivity contribution in [2.45, 2.75) is 66.5 Å². The maximum Gasteiger partial charge on any atom is 0.0312 e. The molecule has 0 fully saturated rings. The van der Waals surface area contributed by atoms with Crippen molar-refractivity contribution in [3.05, 3.63) is 12.2 Å². The summed E-state index contributed by atoms with van der Waals surface area (Å²) in [5.74, 6) is 1.28. The summed E-state index contributed by atoms with van der Waals surface area (Å²) in [7, 11) is 2.22. The second-order valence-electron chi connectivity index (χ2n) is 6.66. The Morgan fingerprint density at radius 1 is 1.12 bits per heavy atom. The SMILES string of the molecule is C=C(C(C)C)C(CC(C)C)N(C)C(C)(C)C. The van der Waals surface area contributed by atoms with Crippen molar-refractivity contribution in [2.75, 3.05) is 7.05 Å². The lowest BCUT2D eigenvalue weighted by Gasteiger charge is -2.41. The lowest BCUT2D eigenvalue weighted by molar-refractivity contribution is 0.117. The van der Waals surface area contributed by atoms with Crippen LogP contribution in [0.5, 0.6) is 0 Å². The van der Waals surface area contributed by atoms with E-state index in [1.165, 1.54) is 12.0 Å². The Hall–Kier alpha value is -0.300. The van der Waals surface area contributed by atoms with Crippen LogP contribution in [0.3, 0.4) is 0 Å². The number of nitrogens with zero attached hydrogens (tertiary/aromatic N) is 1. The van der Waals surface area contributed by atoms with Gasteiger partial charge < -0.3 is 0 Å². The standard InChI is InChI=1S/C15H31N/c1-11(2)10-14(13(5)12(3)4)16(9)15(6,7)8/h11-12,14H,5,10H2,1-4,6-9H3. The smallest absolute Gasteiger partial charge is 0.0312 e. The molecule has 0 bridgehead atoms. The third-order valence-corrected chi connectivity index (χ3v) is 3.39. The van der Waals surface area contributed by atoms with Crippen LogP contribution in [0.25, 0.3) is 0 Å². The molecule has 0 aromatic heterocycles. The van der Waals surface area contributed by atoms with Crippen LogP contribution in [-0.2, 0) is 0 Å². The minimum atomic E-state index is 0.206. The van der Waals surface area contributed by atoms with Crippen molar-refractivity contribution in [3.8, 4) is 0 Å². The van der Waals surface area contributed by atoms with Crippen LogP contribution in [0.4, 0.5) is 0 Å². The molecule has 0 radical (unpaired) electrons. The van der Waals surface area contributed by atoms with E-state index in [-0.39, 0.29) is 5.54 Å². The fraction of sp³-hybridized carbons (Fsp3) is 0.867. The van der Waals surface area contributed by atoms with Gasteiger partial charge in [0.05, 0.1) is 0 Å². The Kier molecular flexibility index (Phi) is 5.75. The molecule has 0 rings (SSSR count). The number of likely N-dealkylation sites (N-methyl/N-ethyl adjacent to an activating group) is 1. The highest BCUT2D eigenvalue weighted by molar-refractivity contribution is 5.10. The summed E-state index contributed by atoms with van der Waals surface area (Å²) in [4.78, 5) is 2.47. The van der Waals surface area contributed by atoms with Gasteiger partial charge in [-0.3, -0.25) is 4.90 Å². The molecule has 0 saturated heterocycles. The summed E-state index contributed by atoms with van der Waals surface area (Å²) >= 11 is 0. The Balaban J connectivity index is 4.87. The monoisotopic (exact) mass is 225 g/mol. The molecule has 0 saturated carbocycles. The average Bonchev–Trinajstić information content (AvgIpc) is 2.09. The van der Waals surface area contributed by atoms with Crippen molar-refractivity contribution >= 4 is 0 Å². The number of hydrogen-bond donors (Lipinski definition) is 0. The average molecular weight is 225 g/mol. The van der Waals surface area contributed by atoms with Gasteiger partial charge in [0.1, 0.15) is 0 Å². The first kappa shape index (κ1) is 15.7. The molecule has 0 amide bonds. The zero-order chi connectivity index (χ0) is 13.1. The molecule has 0 spiro atoms. The lowest BCUT2D eigenvalue weighted by Crippen LogP contribution is -2.47. The normalized spacial score (nSPS) is 14.9. The zero-order valence-corrected chi connectivity index (χ0v) is 12.6. The van der Waals surface area contributed by atoms with Gasteiger partial charge in [-0.25, -0.2) is 0 Å². The molecule has 16 heavy (non-hydrogen) atoms. The van der Waals surface area contributed by atoms with E-state index in [0.717, 1.165) is 0 Å². The molecule has 0 aromatic carbocycles. The van der Waals surface area contributed by atoms with Crippen LogP contribution >= 0.6 is 0 Å². The van der Waals surface area contributed by atoms with E-state index in [2.05, 4.69) is 67.0 Å². The van der Waals surface area contributed by atoms with Crippen LogP contribution in [0.15, 0.2) is 12.2 Å². The van der Waals surface area contributed by atoms with Crippen molar-refractivity contribution in [3.63, 3.8) is 0 Å². The second-order valence-corrected chi connectivity index (χ2v) is 6.66. The molecule has 0 aliphatic rings. The largest absolute Gasteiger partial charge is 0.295 e. The first-order valence-corrected chi connectivity index (χ1v) is 6.49. The third kappa shape index (κ3) is 4.69. The van der Waals surface area contributed by atoms with Gasteiger partial charge in [0.15, 0.2) is 0 Å². The van der Waals surface area contributed by atoms with E-state index in [4.69, 9.17) is 0 Å². The van der Waals surface area contributed by atoms with Gasteiger partial charge in [-0.15, -0.1) is 0 Å².